The van der Waals surface area contributed by atoms with Crippen molar-refractivity contribution in [3.63, 3.8) is 0 Å². The zero-order valence-corrected chi connectivity index (χ0v) is 14.8. The molecule has 23 heavy (non-hydrogen) atoms. The zero-order valence-electron chi connectivity index (χ0n) is 14.8. The molecule has 1 fully saturated rings. The Labute approximate surface area is 139 Å². The van der Waals surface area contributed by atoms with Crippen LogP contribution in [0.25, 0.3) is 0 Å². The molecule has 1 saturated carbocycles. The van der Waals surface area contributed by atoms with E-state index >= 15 is 0 Å². The summed E-state index contributed by atoms with van der Waals surface area (Å²) in [5.41, 5.74) is 1.10. The van der Waals surface area contributed by atoms with Crippen LogP contribution in [-0.4, -0.2) is 38.1 Å². The number of carbonyl (C=O) groups excluding carboxylic acids is 1. The quantitative estimate of drug-likeness (QED) is 0.803. The first-order valence-corrected chi connectivity index (χ1v) is 8.51. The first-order chi connectivity index (χ1) is 11.0. The molecular weight excluding hydrogens is 290 g/mol. The highest BCUT2D eigenvalue weighted by Gasteiger charge is 2.24. The fourth-order valence-electron chi connectivity index (χ4n) is 3.30. The lowest BCUT2D eigenvalue weighted by atomic mass is 9.86. The Balaban J connectivity index is 1.88. The van der Waals surface area contributed by atoms with Crippen molar-refractivity contribution in [2.24, 2.45) is 5.92 Å². The number of hydrogen-bond donors (Lipinski definition) is 0. The molecule has 0 bridgehead atoms. The first-order valence-electron chi connectivity index (χ1n) is 8.51. The van der Waals surface area contributed by atoms with Crippen LogP contribution in [0.1, 0.15) is 44.6 Å². The highest BCUT2D eigenvalue weighted by molar-refractivity contribution is 5.76. The topological polar surface area (TPSA) is 38.8 Å². The van der Waals surface area contributed by atoms with Gasteiger partial charge in [0.05, 0.1) is 14.2 Å². The summed E-state index contributed by atoms with van der Waals surface area (Å²) in [6.07, 6.45) is 6.01. The molecule has 1 aliphatic rings. The fourth-order valence-corrected chi connectivity index (χ4v) is 3.30. The molecule has 0 unspecified atom stereocenters. The van der Waals surface area contributed by atoms with Crippen LogP contribution in [0.4, 0.5) is 0 Å². The normalized spacial score (nSPS) is 20.9. The van der Waals surface area contributed by atoms with Crippen LogP contribution >= 0.6 is 0 Å². The number of carbonyl (C=O) groups is 1. The third-order valence-corrected chi connectivity index (χ3v) is 5.00. The van der Waals surface area contributed by atoms with Crippen molar-refractivity contribution in [3.8, 4) is 11.5 Å². The molecule has 1 amide bonds. The number of hydrogen-bond acceptors (Lipinski definition) is 3. The molecular formula is C19H29NO3. The number of amides is 1. The molecule has 1 aliphatic carbocycles. The highest BCUT2D eigenvalue weighted by Crippen LogP contribution is 2.29. The smallest absolute Gasteiger partial charge is 0.222 e. The second-order valence-corrected chi connectivity index (χ2v) is 6.61. The van der Waals surface area contributed by atoms with E-state index in [2.05, 4.69) is 6.92 Å². The van der Waals surface area contributed by atoms with Gasteiger partial charge < -0.3 is 14.4 Å². The SMILES string of the molecule is COc1ccc(CCC(=O)N(C)C2CCC(C)CC2)cc1OC. The van der Waals surface area contributed by atoms with Crippen molar-refractivity contribution in [1.82, 2.24) is 4.90 Å². The predicted octanol–water partition coefficient (Wildman–Crippen LogP) is 3.67. The van der Waals surface area contributed by atoms with Crippen LogP contribution in [-0.2, 0) is 11.2 Å². The summed E-state index contributed by atoms with van der Waals surface area (Å²) < 4.78 is 10.6. The van der Waals surface area contributed by atoms with Gasteiger partial charge in [-0.15, -0.1) is 0 Å². The van der Waals surface area contributed by atoms with Crippen LogP contribution in [0.2, 0.25) is 0 Å². The third kappa shape index (κ3) is 4.63. The van der Waals surface area contributed by atoms with E-state index in [0.29, 0.717) is 18.2 Å². The minimum atomic E-state index is 0.235. The maximum absolute atomic E-state index is 12.4. The molecule has 2 rings (SSSR count). The van der Waals surface area contributed by atoms with Crippen molar-refractivity contribution >= 4 is 5.91 Å². The van der Waals surface area contributed by atoms with Gasteiger partial charge >= 0.3 is 0 Å². The van der Waals surface area contributed by atoms with Crippen LogP contribution in [0, 0.1) is 5.92 Å². The summed E-state index contributed by atoms with van der Waals surface area (Å²) in [6.45, 7) is 2.30. The van der Waals surface area contributed by atoms with Crippen LogP contribution in [0.5, 0.6) is 11.5 Å². The summed E-state index contributed by atoms with van der Waals surface area (Å²) in [6, 6.07) is 6.26. The van der Waals surface area contributed by atoms with E-state index in [1.165, 1.54) is 12.8 Å². The monoisotopic (exact) mass is 319 g/mol. The Kier molecular flexibility index (Phi) is 6.31. The summed E-state index contributed by atoms with van der Waals surface area (Å²) in [5.74, 6) is 2.48. The van der Waals surface area contributed by atoms with E-state index in [0.717, 1.165) is 36.5 Å². The molecule has 0 atom stereocenters. The Morgan fingerprint density at radius 1 is 1.13 bits per heavy atom. The van der Waals surface area contributed by atoms with E-state index < -0.39 is 0 Å². The van der Waals surface area contributed by atoms with Crippen molar-refractivity contribution in [2.75, 3.05) is 21.3 Å². The molecule has 0 aliphatic heterocycles. The predicted molar refractivity (Wildman–Crippen MR) is 92.1 cm³/mol. The van der Waals surface area contributed by atoms with E-state index in [1.807, 2.05) is 30.1 Å². The Bertz CT molecular complexity index is 521. The maximum atomic E-state index is 12.4. The number of rotatable bonds is 6. The van der Waals surface area contributed by atoms with Gasteiger partial charge in [-0.05, 0) is 55.7 Å². The number of aryl methyl sites for hydroxylation is 1. The summed E-state index contributed by atoms with van der Waals surface area (Å²) in [5, 5.41) is 0. The number of benzene rings is 1. The van der Waals surface area contributed by atoms with Gasteiger partial charge in [0.15, 0.2) is 11.5 Å². The number of nitrogens with zero attached hydrogens (tertiary/aromatic N) is 1. The van der Waals surface area contributed by atoms with Crippen molar-refractivity contribution < 1.29 is 14.3 Å². The summed E-state index contributed by atoms with van der Waals surface area (Å²) in [7, 11) is 5.21. The van der Waals surface area contributed by atoms with Gasteiger partial charge in [0.1, 0.15) is 0 Å². The standard InChI is InChI=1S/C19H29NO3/c1-14-5-9-16(10-6-14)20(2)19(21)12-8-15-7-11-17(22-3)18(13-15)23-4/h7,11,13-14,16H,5-6,8-10,12H2,1-4H3. The minimum absolute atomic E-state index is 0.235. The molecule has 1 aromatic carbocycles. The van der Waals surface area contributed by atoms with Gasteiger partial charge in [-0.2, -0.15) is 0 Å². The highest BCUT2D eigenvalue weighted by atomic mass is 16.5. The Hall–Kier alpha value is -1.71. The van der Waals surface area contributed by atoms with Gasteiger partial charge in [-0.1, -0.05) is 13.0 Å². The Morgan fingerprint density at radius 3 is 2.39 bits per heavy atom. The molecule has 1 aromatic rings. The van der Waals surface area contributed by atoms with E-state index in [4.69, 9.17) is 9.47 Å². The number of ether oxygens (including phenoxy) is 2. The molecule has 128 valence electrons. The molecule has 0 spiro atoms. The van der Waals surface area contributed by atoms with E-state index in [1.54, 1.807) is 14.2 Å². The second-order valence-electron chi connectivity index (χ2n) is 6.61. The lowest BCUT2D eigenvalue weighted by Gasteiger charge is -2.33. The summed E-state index contributed by atoms with van der Waals surface area (Å²) in [4.78, 5) is 14.4. The lowest BCUT2D eigenvalue weighted by molar-refractivity contribution is -0.132. The first kappa shape index (κ1) is 17.6. The van der Waals surface area contributed by atoms with Crippen molar-refractivity contribution in [3.05, 3.63) is 23.8 Å². The molecule has 4 heteroatoms. The van der Waals surface area contributed by atoms with Crippen LogP contribution in [0.3, 0.4) is 0 Å². The van der Waals surface area contributed by atoms with Gasteiger partial charge in [0.2, 0.25) is 5.91 Å². The molecule has 0 N–H and O–H groups in total. The molecule has 0 radical (unpaired) electrons. The van der Waals surface area contributed by atoms with Gasteiger partial charge in [0.25, 0.3) is 0 Å². The minimum Gasteiger partial charge on any atom is -0.493 e. The molecule has 0 aromatic heterocycles. The van der Waals surface area contributed by atoms with Gasteiger partial charge in [0, 0.05) is 19.5 Å². The van der Waals surface area contributed by atoms with Crippen LogP contribution < -0.4 is 9.47 Å². The molecule has 0 heterocycles. The Morgan fingerprint density at radius 2 is 1.78 bits per heavy atom. The van der Waals surface area contributed by atoms with Crippen LogP contribution in [0.15, 0.2) is 18.2 Å². The number of methoxy groups -OCH3 is 2. The summed E-state index contributed by atoms with van der Waals surface area (Å²) >= 11 is 0. The van der Waals surface area contributed by atoms with E-state index in [-0.39, 0.29) is 5.91 Å². The molecule has 0 saturated heterocycles. The fraction of sp³-hybridized carbons (Fsp3) is 0.632. The second kappa shape index (κ2) is 8.23. The third-order valence-electron chi connectivity index (χ3n) is 5.00. The average Bonchev–Trinajstić information content (AvgIpc) is 2.59. The largest absolute Gasteiger partial charge is 0.493 e. The van der Waals surface area contributed by atoms with Crippen molar-refractivity contribution in [2.45, 2.75) is 51.5 Å². The lowest BCUT2D eigenvalue weighted by Crippen LogP contribution is -2.39. The van der Waals surface area contributed by atoms with Gasteiger partial charge in [-0.25, -0.2) is 0 Å². The zero-order chi connectivity index (χ0) is 16.8. The average molecular weight is 319 g/mol. The maximum Gasteiger partial charge on any atom is 0.222 e. The van der Waals surface area contributed by atoms with E-state index in [9.17, 15) is 4.79 Å². The van der Waals surface area contributed by atoms with Crippen molar-refractivity contribution in [1.29, 1.82) is 0 Å². The van der Waals surface area contributed by atoms with Gasteiger partial charge in [-0.3, -0.25) is 4.79 Å². The molecule has 4 nitrogen and oxygen atoms in total.